The Morgan fingerprint density at radius 3 is 2.82 bits per heavy atom. The van der Waals surface area contributed by atoms with Gasteiger partial charge in [-0.05, 0) is 11.4 Å². The fourth-order valence-electron chi connectivity index (χ4n) is 0.544. The van der Waals surface area contributed by atoms with Gasteiger partial charge in [-0.25, -0.2) is 0 Å². The van der Waals surface area contributed by atoms with Crippen molar-refractivity contribution in [1.82, 2.24) is 0 Å². The lowest BCUT2D eigenvalue weighted by molar-refractivity contribution is -0.137. The van der Waals surface area contributed by atoms with Crippen LogP contribution in [0.4, 0.5) is 0 Å². The Balaban J connectivity index is 2.50. The molecular weight excluding hydrogens is 160 g/mol. The van der Waals surface area contributed by atoms with Gasteiger partial charge in [0.1, 0.15) is 5.75 Å². The molecule has 11 heavy (non-hydrogen) atoms. The van der Waals surface area contributed by atoms with Crippen LogP contribution in [0.2, 0.25) is 0 Å². The van der Waals surface area contributed by atoms with Crippen LogP contribution in [0.25, 0.3) is 0 Å². The van der Waals surface area contributed by atoms with E-state index in [0.717, 1.165) is 0 Å². The van der Waals surface area contributed by atoms with Crippen molar-refractivity contribution in [1.29, 1.82) is 0 Å². The van der Waals surface area contributed by atoms with Gasteiger partial charge in [0.2, 0.25) is 0 Å². The lowest BCUT2D eigenvalue weighted by Gasteiger charge is -2.02. The fraction of sp³-hybridized carbons (Fsp3) is 0.375. The molecule has 0 radical (unpaired) electrons. The number of carbonyl (C=O) groups is 1. The summed E-state index contributed by atoms with van der Waals surface area (Å²) in [6.07, 6.45) is 0. The number of thiophene rings is 1. The van der Waals surface area contributed by atoms with E-state index in [4.69, 9.17) is 4.74 Å². The molecule has 0 bridgehead atoms. The molecule has 1 rings (SSSR count). The lowest BCUT2D eigenvalue weighted by Crippen LogP contribution is -2.14. The van der Waals surface area contributed by atoms with Gasteiger partial charge in [-0.2, -0.15) is 0 Å². The third kappa shape index (κ3) is 2.35. The highest BCUT2D eigenvalue weighted by Crippen LogP contribution is 2.15. The van der Waals surface area contributed by atoms with Crippen molar-refractivity contribution in [3.8, 4) is 5.75 Å². The van der Waals surface area contributed by atoms with Crippen LogP contribution in [0.1, 0.15) is 13.8 Å². The summed E-state index contributed by atoms with van der Waals surface area (Å²) in [4.78, 5) is 11.0. The second kappa shape index (κ2) is 3.53. The first-order valence-corrected chi connectivity index (χ1v) is 4.38. The Kier molecular flexibility index (Phi) is 2.65. The van der Waals surface area contributed by atoms with E-state index in [1.165, 1.54) is 11.3 Å². The van der Waals surface area contributed by atoms with Gasteiger partial charge in [-0.15, -0.1) is 11.3 Å². The molecule has 1 aromatic rings. The minimum absolute atomic E-state index is 0.0603. The third-order valence-corrected chi connectivity index (χ3v) is 1.85. The van der Waals surface area contributed by atoms with E-state index in [-0.39, 0.29) is 11.9 Å². The molecule has 0 aliphatic carbocycles. The minimum atomic E-state index is -0.177. The zero-order valence-electron chi connectivity index (χ0n) is 6.53. The molecule has 0 saturated carbocycles. The quantitative estimate of drug-likeness (QED) is 0.637. The van der Waals surface area contributed by atoms with Crippen LogP contribution in [0.15, 0.2) is 16.8 Å². The van der Waals surface area contributed by atoms with E-state index >= 15 is 0 Å². The smallest absolute Gasteiger partial charge is 0.313 e. The molecule has 2 nitrogen and oxygen atoms in total. The number of carbonyl (C=O) groups excluding carboxylic acids is 1. The second-order valence-corrected chi connectivity index (χ2v) is 3.31. The molecule has 60 valence electrons. The molecule has 1 heterocycles. The van der Waals surface area contributed by atoms with Crippen molar-refractivity contribution < 1.29 is 9.53 Å². The summed E-state index contributed by atoms with van der Waals surface area (Å²) in [7, 11) is 0. The maximum atomic E-state index is 11.0. The number of hydrogen-bond donors (Lipinski definition) is 0. The van der Waals surface area contributed by atoms with E-state index in [1.54, 1.807) is 11.4 Å². The molecule has 1 aromatic heterocycles. The number of esters is 1. The highest BCUT2D eigenvalue weighted by Gasteiger charge is 2.08. The van der Waals surface area contributed by atoms with Crippen molar-refractivity contribution in [2.24, 2.45) is 5.92 Å². The van der Waals surface area contributed by atoms with E-state index in [9.17, 15) is 4.79 Å². The summed E-state index contributed by atoms with van der Waals surface area (Å²) in [6.45, 7) is 3.63. The molecule has 0 fully saturated rings. The second-order valence-electron chi connectivity index (χ2n) is 2.53. The topological polar surface area (TPSA) is 26.3 Å². The summed E-state index contributed by atoms with van der Waals surface area (Å²) < 4.78 is 4.99. The van der Waals surface area contributed by atoms with Crippen molar-refractivity contribution >= 4 is 17.3 Å². The molecule has 0 amide bonds. The summed E-state index contributed by atoms with van der Waals surface area (Å²) >= 11 is 1.52. The Morgan fingerprint density at radius 1 is 1.64 bits per heavy atom. The average molecular weight is 170 g/mol. The molecule has 0 aromatic carbocycles. The van der Waals surface area contributed by atoms with E-state index < -0.39 is 0 Å². The van der Waals surface area contributed by atoms with Gasteiger partial charge < -0.3 is 4.74 Å². The first-order chi connectivity index (χ1) is 5.20. The Morgan fingerprint density at radius 2 is 2.36 bits per heavy atom. The average Bonchev–Trinajstić information content (AvgIpc) is 2.39. The Hall–Kier alpha value is -0.830. The highest BCUT2D eigenvalue weighted by molar-refractivity contribution is 7.08. The highest BCUT2D eigenvalue weighted by atomic mass is 32.1. The number of ether oxygens (including phenoxy) is 1. The zero-order chi connectivity index (χ0) is 8.27. The standard InChI is InChI=1S/C8H10O2S/c1-6(2)8(9)10-7-3-4-11-5-7/h3-6H,1-2H3. The largest absolute Gasteiger partial charge is 0.425 e. The van der Waals surface area contributed by atoms with Crippen LogP contribution in [0.3, 0.4) is 0 Å². The summed E-state index contributed by atoms with van der Waals surface area (Å²) in [5.74, 6) is 0.409. The van der Waals surface area contributed by atoms with Crippen LogP contribution in [-0.4, -0.2) is 5.97 Å². The van der Waals surface area contributed by atoms with Gasteiger partial charge >= 0.3 is 5.97 Å². The van der Waals surface area contributed by atoms with Crippen molar-refractivity contribution in [3.63, 3.8) is 0 Å². The van der Waals surface area contributed by atoms with Gasteiger partial charge in [0.05, 0.1) is 5.92 Å². The van der Waals surface area contributed by atoms with Crippen molar-refractivity contribution in [2.75, 3.05) is 0 Å². The SMILES string of the molecule is CC(C)C(=O)Oc1ccsc1. The first-order valence-electron chi connectivity index (χ1n) is 3.44. The Labute approximate surface area is 69.8 Å². The molecule has 0 unspecified atom stereocenters. The summed E-state index contributed by atoms with van der Waals surface area (Å²) in [5, 5.41) is 3.68. The molecule has 0 saturated heterocycles. The number of rotatable bonds is 2. The van der Waals surface area contributed by atoms with Crippen molar-refractivity contribution in [2.45, 2.75) is 13.8 Å². The van der Waals surface area contributed by atoms with Crippen LogP contribution >= 0.6 is 11.3 Å². The third-order valence-electron chi connectivity index (χ3n) is 1.18. The van der Waals surface area contributed by atoms with Gasteiger partial charge in [0, 0.05) is 5.38 Å². The predicted molar refractivity (Wildman–Crippen MR) is 44.8 cm³/mol. The minimum Gasteiger partial charge on any atom is -0.425 e. The normalized spacial score (nSPS) is 10.1. The Bertz CT molecular complexity index is 226. The molecule has 0 aliphatic heterocycles. The van der Waals surface area contributed by atoms with E-state index in [2.05, 4.69) is 0 Å². The van der Waals surface area contributed by atoms with Crippen LogP contribution in [-0.2, 0) is 4.79 Å². The van der Waals surface area contributed by atoms with Gasteiger partial charge in [0.25, 0.3) is 0 Å². The van der Waals surface area contributed by atoms with Gasteiger partial charge in [-0.3, -0.25) is 4.79 Å². The van der Waals surface area contributed by atoms with Gasteiger partial charge in [0.15, 0.2) is 0 Å². The van der Waals surface area contributed by atoms with Gasteiger partial charge in [-0.1, -0.05) is 13.8 Å². The lowest BCUT2D eigenvalue weighted by atomic mass is 10.2. The molecule has 0 spiro atoms. The van der Waals surface area contributed by atoms with Crippen LogP contribution < -0.4 is 4.74 Å². The maximum Gasteiger partial charge on any atom is 0.313 e. The maximum absolute atomic E-state index is 11.0. The van der Waals surface area contributed by atoms with Crippen LogP contribution in [0.5, 0.6) is 5.75 Å². The fourth-order valence-corrected chi connectivity index (χ4v) is 1.10. The zero-order valence-corrected chi connectivity index (χ0v) is 7.35. The molecule has 0 aliphatic rings. The predicted octanol–water partition coefficient (Wildman–Crippen LogP) is 2.31. The molecule has 3 heteroatoms. The van der Waals surface area contributed by atoms with E-state index in [1.807, 2.05) is 19.2 Å². The van der Waals surface area contributed by atoms with Crippen LogP contribution in [0, 0.1) is 5.92 Å². The molecular formula is C8H10O2S. The molecule has 0 N–H and O–H groups in total. The van der Waals surface area contributed by atoms with E-state index in [0.29, 0.717) is 5.75 Å². The number of hydrogen-bond acceptors (Lipinski definition) is 3. The summed E-state index contributed by atoms with van der Waals surface area (Å²) in [6, 6.07) is 1.78. The molecule has 0 atom stereocenters. The summed E-state index contributed by atoms with van der Waals surface area (Å²) in [5.41, 5.74) is 0. The monoisotopic (exact) mass is 170 g/mol. The van der Waals surface area contributed by atoms with Crippen molar-refractivity contribution in [3.05, 3.63) is 16.8 Å². The first kappa shape index (κ1) is 8.27.